The number of hydrogen-bond donors (Lipinski definition) is 2. The van der Waals surface area contributed by atoms with Crippen LogP contribution in [-0.4, -0.2) is 28.8 Å². The van der Waals surface area contributed by atoms with Crippen LogP contribution in [0.15, 0.2) is 16.9 Å². The monoisotopic (exact) mass is 354 g/mol. The molecule has 0 spiro atoms. The summed E-state index contributed by atoms with van der Waals surface area (Å²) in [5.74, 6) is -3.82. The lowest BCUT2D eigenvalue weighted by Crippen LogP contribution is -2.47. The van der Waals surface area contributed by atoms with Crippen molar-refractivity contribution in [3.8, 4) is 0 Å². The molecule has 4 atom stereocenters. The number of nitrogens with one attached hydrogen (secondary N) is 1. The van der Waals surface area contributed by atoms with Gasteiger partial charge in [-0.2, -0.15) is 13.2 Å². The quantitative estimate of drug-likeness (QED) is 0.817. The third-order valence-electron chi connectivity index (χ3n) is 4.51. The minimum atomic E-state index is -4.81. The summed E-state index contributed by atoms with van der Waals surface area (Å²) in [4.78, 5) is 25.5. The van der Waals surface area contributed by atoms with Gasteiger partial charge in [-0.15, -0.1) is 0 Å². The Morgan fingerprint density at radius 3 is 2.38 bits per heavy atom. The highest BCUT2D eigenvalue weighted by atomic mass is 19.4. The van der Waals surface area contributed by atoms with Gasteiger partial charge in [0.2, 0.25) is 5.91 Å². The zero-order valence-corrected chi connectivity index (χ0v) is 12.7. The SMILES string of the molecule is CC1C(c2ccc(C(F)F)[nH]c2=O)[C@H](C(N)=O)OC1(C)C(F)(F)F. The summed E-state index contributed by atoms with van der Waals surface area (Å²) >= 11 is 0. The fraction of sp³-hybridized carbons (Fsp3) is 0.571. The molecule has 1 aliphatic rings. The number of amides is 1. The van der Waals surface area contributed by atoms with Gasteiger partial charge in [-0.05, 0) is 13.0 Å². The first-order chi connectivity index (χ1) is 10.9. The molecular formula is C14H15F5N2O3. The van der Waals surface area contributed by atoms with Crippen LogP contribution in [0.4, 0.5) is 22.0 Å². The number of H-pyrrole nitrogens is 1. The fourth-order valence-electron chi connectivity index (χ4n) is 2.93. The molecule has 1 aromatic rings. The van der Waals surface area contributed by atoms with E-state index in [1.807, 2.05) is 4.98 Å². The second-order valence-electron chi connectivity index (χ2n) is 5.86. The molecule has 10 heteroatoms. The Morgan fingerprint density at radius 1 is 1.38 bits per heavy atom. The van der Waals surface area contributed by atoms with E-state index < -0.39 is 53.3 Å². The van der Waals surface area contributed by atoms with Crippen LogP contribution >= 0.6 is 0 Å². The van der Waals surface area contributed by atoms with Gasteiger partial charge in [0.15, 0.2) is 5.60 Å². The van der Waals surface area contributed by atoms with Crippen molar-refractivity contribution in [3.63, 3.8) is 0 Å². The summed E-state index contributed by atoms with van der Waals surface area (Å²) in [6.07, 6.45) is -9.47. The van der Waals surface area contributed by atoms with Gasteiger partial charge in [0.1, 0.15) is 6.10 Å². The van der Waals surface area contributed by atoms with Crippen LogP contribution in [-0.2, 0) is 9.53 Å². The highest BCUT2D eigenvalue weighted by Crippen LogP contribution is 2.52. The normalized spacial score (nSPS) is 30.8. The van der Waals surface area contributed by atoms with Gasteiger partial charge in [-0.1, -0.05) is 13.0 Å². The number of aromatic nitrogens is 1. The number of nitrogens with two attached hydrogens (primary N) is 1. The maximum absolute atomic E-state index is 13.3. The number of carbonyl (C=O) groups is 1. The number of alkyl halides is 5. The highest BCUT2D eigenvalue weighted by molar-refractivity contribution is 5.80. The van der Waals surface area contributed by atoms with E-state index in [1.165, 1.54) is 6.92 Å². The predicted molar refractivity (Wildman–Crippen MR) is 72.5 cm³/mol. The van der Waals surface area contributed by atoms with Gasteiger partial charge in [-0.25, -0.2) is 8.78 Å². The molecular weight excluding hydrogens is 339 g/mol. The standard InChI is InChI=1S/C14H15F5N2O3/c1-5-8(6-3-4-7(10(15)16)21-12(6)23)9(11(20)22)24-13(5,2)14(17,18)19/h3-5,8-10H,1-2H3,(H2,20,22)(H,21,23)/t5?,8?,9-,13?/m1/s1. The van der Waals surface area contributed by atoms with E-state index >= 15 is 0 Å². The largest absolute Gasteiger partial charge is 0.417 e. The number of primary amides is 1. The van der Waals surface area contributed by atoms with E-state index in [9.17, 15) is 31.5 Å². The molecule has 1 saturated heterocycles. The maximum Gasteiger partial charge on any atom is 0.417 e. The molecule has 2 rings (SSSR count). The molecule has 0 aromatic carbocycles. The predicted octanol–water partition coefficient (Wildman–Crippen LogP) is 2.24. The van der Waals surface area contributed by atoms with Crippen molar-refractivity contribution in [2.45, 2.75) is 44.1 Å². The lowest BCUT2D eigenvalue weighted by atomic mass is 9.77. The molecule has 0 aliphatic carbocycles. The van der Waals surface area contributed by atoms with E-state index in [4.69, 9.17) is 10.5 Å². The molecule has 5 nitrogen and oxygen atoms in total. The molecule has 1 aliphatic heterocycles. The summed E-state index contributed by atoms with van der Waals surface area (Å²) in [5, 5.41) is 0. The third-order valence-corrected chi connectivity index (χ3v) is 4.51. The van der Waals surface area contributed by atoms with Crippen LogP contribution in [0.2, 0.25) is 0 Å². The smallest absolute Gasteiger partial charge is 0.367 e. The van der Waals surface area contributed by atoms with Crippen molar-refractivity contribution in [3.05, 3.63) is 33.7 Å². The Balaban J connectivity index is 2.55. The zero-order chi connectivity index (χ0) is 18.4. The minimum absolute atomic E-state index is 0.260. The minimum Gasteiger partial charge on any atom is -0.367 e. The van der Waals surface area contributed by atoms with Crippen LogP contribution in [0.1, 0.15) is 37.4 Å². The molecule has 2 heterocycles. The van der Waals surface area contributed by atoms with Gasteiger partial charge in [0.25, 0.3) is 12.0 Å². The summed E-state index contributed by atoms with van der Waals surface area (Å²) < 4.78 is 70.1. The number of ether oxygens (including phenoxy) is 1. The summed E-state index contributed by atoms with van der Waals surface area (Å²) in [5.41, 5.74) is 0.468. The fourth-order valence-corrected chi connectivity index (χ4v) is 2.93. The maximum atomic E-state index is 13.3. The average Bonchev–Trinajstić information content (AvgIpc) is 2.72. The Bertz CT molecular complexity index is 702. The number of halogens is 5. The van der Waals surface area contributed by atoms with Crippen LogP contribution in [0.3, 0.4) is 0 Å². The van der Waals surface area contributed by atoms with Crippen molar-refractivity contribution >= 4 is 5.91 Å². The molecule has 134 valence electrons. The van der Waals surface area contributed by atoms with Gasteiger partial charge in [0, 0.05) is 17.4 Å². The Labute approximate surface area is 133 Å². The van der Waals surface area contributed by atoms with E-state index in [2.05, 4.69) is 0 Å². The van der Waals surface area contributed by atoms with Crippen LogP contribution < -0.4 is 11.3 Å². The van der Waals surface area contributed by atoms with Crippen molar-refractivity contribution in [1.82, 2.24) is 4.98 Å². The van der Waals surface area contributed by atoms with E-state index in [-0.39, 0.29) is 5.56 Å². The third kappa shape index (κ3) is 2.79. The Kier molecular flexibility index (Phi) is 4.47. The van der Waals surface area contributed by atoms with Crippen molar-refractivity contribution < 1.29 is 31.5 Å². The first kappa shape index (κ1) is 18.4. The summed E-state index contributed by atoms with van der Waals surface area (Å²) in [7, 11) is 0. The van der Waals surface area contributed by atoms with E-state index in [1.54, 1.807) is 0 Å². The first-order valence-electron chi connectivity index (χ1n) is 6.95. The first-order valence-corrected chi connectivity index (χ1v) is 6.95. The average molecular weight is 354 g/mol. The van der Waals surface area contributed by atoms with Crippen LogP contribution in [0, 0.1) is 5.92 Å². The van der Waals surface area contributed by atoms with Crippen molar-refractivity contribution in [1.29, 1.82) is 0 Å². The molecule has 0 saturated carbocycles. The molecule has 1 amide bonds. The number of aromatic amines is 1. The van der Waals surface area contributed by atoms with Gasteiger partial charge >= 0.3 is 6.18 Å². The second-order valence-corrected chi connectivity index (χ2v) is 5.86. The summed E-state index contributed by atoms with van der Waals surface area (Å²) in [6.45, 7) is 1.93. The van der Waals surface area contributed by atoms with Crippen LogP contribution in [0.25, 0.3) is 0 Å². The Hall–Kier alpha value is -1.97. The molecule has 1 aromatic heterocycles. The van der Waals surface area contributed by atoms with E-state index in [0.717, 1.165) is 19.1 Å². The molecule has 1 fully saturated rings. The number of rotatable bonds is 3. The Morgan fingerprint density at radius 2 is 1.96 bits per heavy atom. The number of carbonyl (C=O) groups excluding carboxylic acids is 1. The van der Waals surface area contributed by atoms with E-state index in [0.29, 0.717) is 0 Å². The molecule has 24 heavy (non-hydrogen) atoms. The molecule has 0 radical (unpaired) electrons. The van der Waals surface area contributed by atoms with Crippen LogP contribution in [0.5, 0.6) is 0 Å². The number of hydrogen-bond acceptors (Lipinski definition) is 3. The van der Waals surface area contributed by atoms with Crippen molar-refractivity contribution in [2.24, 2.45) is 11.7 Å². The molecule has 3 unspecified atom stereocenters. The topological polar surface area (TPSA) is 85.2 Å². The zero-order valence-electron chi connectivity index (χ0n) is 12.7. The van der Waals surface area contributed by atoms with Gasteiger partial charge in [0.05, 0.1) is 5.69 Å². The lowest BCUT2D eigenvalue weighted by molar-refractivity contribution is -0.272. The molecule has 0 bridgehead atoms. The second kappa shape index (κ2) is 5.83. The highest BCUT2D eigenvalue weighted by Gasteiger charge is 2.65. The van der Waals surface area contributed by atoms with Gasteiger partial charge in [-0.3, -0.25) is 9.59 Å². The summed E-state index contributed by atoms with van der Waals surface area (Å²) in [6, 6.07) is 1.86. The molecule has 3 N–H and O–H groups in total. The number of pyridine rings is 1. The van der Waals surface area contributed by atoms with Gasteiger partial charge < -0.3 is 15.5 Å². The lowest BCUT2D eigenvalue weighted by Gasteiger charge is -2.31. The van der Waals surface area contributed by atoms with Crippen molar-refractivity contribution in [2.75, 3.05) is 0 Å².